The van der Waals surface area contributed by atoms with Crippen LogP contribution >= 0.6 is 0 Å². The lowest BCUT2D eigenvalue weighted by Crippen LogP contribution is -2.39. The molecular weight excluding hydrogens is 316 g/mol. The van der Waals surface area contributed by atoms with Gasteiger partial charge in [0.05, 0.1) is 0 Å². The van der Waals surface area contributed by atoms with E-state index in [1.54, 1.807) is 0 Å². The molecule has 6 heteroatoms. The monoisotopic (exact) mass is 342 g/mol. The number of H-pyrrole nitrogens is 1. The Bertz CT molecular complexity index is 816. The molecule has 1 aromatic carbocycles. The quantitative estimate of drug-likeness (QED) is 0.778. The number of nitrogens with one attached hydrogen (secondary N) is 3. The summed E-state index contributed by atoms with van der Waals surface area (Å²) in [4.78, 5) is 27.5. The summed E-state index contributed by atoms with van der Waals surface area (Å²) in [5.74, 6) is 0.811. The number of piperidine rings is 1. The van der Waals surface area contributed by atoms with Crippen molar-refractivity contribution in [2.45, 2.75) is 39.7 Å². The first-order chi connectivity index (χ1) is 12.1. The van der Waals surface area contributed by atoms with Crippen LogP contribution in [-0.4, -0.2) is 22.6 Å². The van der Waals surface area contributed by atoms with Crippen molar-refractivity contribution in [2.24, 2.45) is 5.92 Å². The number of rotatable bonds is 5. The van der Waals surface area contributed by atoms with Gasteiger partial charge in [0, 0.05) is 18.3 Å². The number of benzene rings is 1. The Morgan fingerprint density at radius 2 is 1.96 bits per heavy atom. The summed E-state index contributed by atoms with van der Waals surface area (Å²) >= 11 is 0. The van der Waals surface area contributed by atoms with Crippen LogP contribution < -0.4 is 21.9 Å². The minimum absolute atomic E-state index is 0.257. The molecule has 3 N–H and O–H groups in total. The lowest BCUT2D eigenvalue weighted by molar-refractivity contribution is 0.325. The number of anilines is 2. The highest BCUT2D eigenvalue weighted by atomic mass is 16.2. The fourth-order valence-electron chi connectivity index (χ4n) is 3.37. The second-order valence-corrected chi connectivity index (χ2v) is 6.75. The maximum absolute atomic E-state index is 12.4. The van der Waals surface area contributed by atoms with Crippen molar-refractivity contribution in [3.63, 3.8) is 0 Å². The van der Waals surface area contributed by atoms with Gasteiger partial charge < -0.3 is 10.6 Å². The molecule has 3 rings (SSSR count). The van der Waals surface area contributed by atoms with E-state index in [4.69, 9.17) is 0 Å². The van der Waals surface area contributed by atoms with Gasteiger partial charge in [-0.05, 0) is 68.5 Å². The zero-order valence-corrected chi connectivity index (χ0v) is 14.9. The molecule has 0 atom stereocenters. The van der Waals surface area contributed by atoms with E-state index < -0.39 is 0 Å². The molecule has 6 nitrogen and oxygen atoms in total. The number of hydrogen-bond acceptors (Lipinski definition) is 4. The molecule has 0 amide bonds. The Labute approximate surface area is 147 Å². The SMILES string of the molecule is CCc1cc(Nc2cc(=O)n(CC3CCNCC3)c(=O)[nH]2)ccc1C. The van der Waals surface area contributed by atoms with E-state index in [0.29, 0.717) is 18.3 Å². The van der Waals surface area contributed by atoms with Crippen LogP contribution in [0.5, 0.6) is 0 Å². The molecule has 0 spiro atoms. The van der Waals surface area contributed by atoms with Crippen molar-refractivity contribution >= 4 is 11.5 Å². The lowest BCUT2D eigenvalue weighted by atomic mass is 9.98. The van der Waals surface area contributed by atoms with Crippen molar-refractivity contribution in [1.29, 1.82) is 0 Å². The van der Waals surface area contributed by atoms with Gasteiger partial charge in [0.25, 0.3) is 5.56 Å². The number of aryl methyl sites for hydroxylation is 2. The highest BCUT2D eigenvalue weighted by molar-refractivity contribution is 5.57. The molecule has 1 aromatic heterocycles. The molecule has 0 bridgehead atoms. The molecular formula is C19H26N4O2. The van der Waals surface area contributed by atoms with E-state index in [2.05, 4.69) is 29.5 Å². The Morgan fingerprint density at radius 1 is 1.20 bits per heavy atom. The normalized spacial score (nSPS) is 15.3. The average Bonchev–Trinajstić information content (AvgIpc) is 2.61. The molecule has 2 aromatic rings. The maximum atomic E-state index is 12.4. The Kier molecular flexibility index (Phi) is 5.38. The van der Waals surface area contributed by atoms with Crippen molar-refractivity contribution in [1.82, 2.24) is 14.9 Å². The smallest absolute Gasteiger partial charge is 0.329 e. The summed E-state index contributed by atoms with van der Waals surface area (Å²) in [5.41, 5.74) is 2.74. The van der Waals surface area contributed by atoms with Crippen molar-refractivity contribution in [3.05, 3.63) is 56.2 Å². The minimum Gasteiger partial charge on any atom is -0.342 e. The maximum Gasteiger partial charge on any atom is 0.329 e. The van der Waals surface area contributed by atoms with Gasteiger partial charge >= 0.3 is 5.69 Å². The van der Waals surface area contributed by atoms with Crippen molar-refractivity contribution in [3.8, 4) is 0 Å². The number of nitrogens with zero attached hydrogens (tertiary/aromatic N) is 1. The zero-order chi connectivity index (χ0) is 17.8. The number of aromatic amines is 1. The van der Waals surface area contributed by atoms with E-state index >= 15 is 0 Å². The van der Waals surface area contributed by atoms with E-state index in [-0.39, 0.29) is 11.2 Å². The average molecular weight is 342 g/mol. The highest BCUT2D eigenvalue weighted by Crippen LogP contribution is 2.18. The molecule has 25 heavy (non-hydrogen) atoms. The summed E-state index contributed by atoms with van der Waals surface area (Å²) in [6, 6.07) is 7.51. The molecule has 0 aliphatic carbocycles. The highest BCUT2D eigenvalue weighted by Gasteiger charge is 2.16. The topological polar surface area (TPSA) is 78.9 Å². The van der Waals surface area contributed by atoms with Crippen LogP contribution in [0, 0.1) is 12.8 Å². The van der Waals surface area contributed by atoms with Gasteiger partial charge in [-0.15, -0.1) is 0 Å². The Balaban J connectivity index is 1.80. The third kappa shape index (κ3) is 4.20. The first-order valence-corrected chi connectivity index (χ1v) is 8.98. The van der Waals surface area contributed by atoms with Crippen LogP contribution in [0.1, 0.15) is 30.9 Å². The molecule has 1 aliphatic heterocycles. The van der Waals surface area contributed by atoms with Crippen LogP contribution in [0.15, 0.2) is 33.9 Å². The van der Waals surface area contributed by atoms with Gasteiger partial charge in [0.2, 0.25) is 0 Å². The molecule has 2 heterocycles. The third-order valence-corrected chi connectivity index (χ3v) is 4.93. The Morgan fingerprint density at radius 3 is 2.64 bits per heavy atom. The number of hydrogen-bond donors (Lipinski definition) is 3. The van der Waals surface area contributed by atoms with Crippen LogP contribution in [0.25, 0.3) is 0 Å². The number of aromatic nitrogens is 2. The predicted molar refractivity (Wildman–Crippen MR) is 101 cm³/mol. The van der Waals surface area contributed by atoms with Gasteiger partial charge in [-0.25, -0.2) is 4.79 Å². The van der Waals surface area contributed by atoms with Gasteiger partial charge in [-0.1, -0.05) is 13.0 Å². The molecule has 0 unspecified atom stereocenters. The summed E-state index contributed by atoms with van der Waals surface area (Å²) in [6.45, 7) is 6.57. The van der Waals surface area contributed by atoms with Gasteiger partial charge in [0.1, 0.15) is 5.82 Å². The summed E-state index contributed by atoms with van der Waals surface area (Å²) in [5, 5.41) is 6.44. The standard InChI is InChI=1S/C19H26N4O2/c1-3-15-10-16(5-4-13(15)2)21-17-11-18(24)23(19(25)22-17)12-14-6-8-20-9-7-14/h4-5,10-11,14,20-21H,3,6-9,12H2,1-2H3,(H,22,25). The second-order valence-electron chi connectivity index (χ2n) is 6.75. The van der Waals surface area contributed by atoms with E-state index in [0.717, 1.165) is 38.0 Å². The zero-order valence-electron chi connectivity index (χ0n) is 14.9. The predicted octanol–water partition coefficient (Wildman–Crippen LogP) is 2.15. The van der Waals surface area contributed by atoms with Crippen LogP contribution in [-0.2, 0) is 13.0 Å². The second kappa shape index (κ2) is 7.70. The molecule has 0 saturated carbocycles. The van der Waals surface area contributed by atoms with Gasteiger partial charge in [-0.3, -0.25) is 14.3 Å². The van der Waals surface area contributed by atoms with Crippen molar-refractivity contribution < 1.29 is 0 Å². The first kappa shape index (κ1) is 17.5. The largest absolute Gasteiger partial charge is 0.342 e. The van der Waals surface area contributed by atoms with Crippen LogP contribution in [0.2, 0.25) is 0 Å². The summed E-state index contributed by atoms with van der Waals surface area (Å²) in [7, 11) is 0. The summed E-state index contributed by atoms with van der Waals surface area (Å²) in [6.07, 6.45) is 2.93. The van der Waals surface area contributed by atoms with Crippen LogP contribution in [0.4, 0.5) is 11.5 Å². The molecule has 134 valence electrons. The fourth-order valence-corrected chi connectivity index (χ4v) is 3.37. The molecule has 1 fully saturated rings. The lowest BCUT2D eigenvalue weighted by Gasteiger charge is -2.22. The summed E-state index contributed by atoms with van der Waals surface area (Å²) < 4.78 is 1.31. The molecule has 0 radical (unpaired) electrons. The van der Waals surface area contributed by atoms with E-state index in [1.165, 1.54) is 21.8 Å². The van der Waals surface area contributed by atoms with Crippen LogP contribution in [0.3, 0.4) is 0 Å². The Hall–Kier alpha value is -2.34. The fraction of sp³-hybridized carbons (Fsp3) is 0.474. The molecule has 1 aliphatic rings. The minimum atomic E-state index is -0.351. The van der Waals surface area contributed by atoms with Gasteiger partial charge in [0.15, 0.2) is 0 Å². The van der Waals surface area contributed by atoms with E-state index in [9.17, 15) is 9.59 Å². The van der Waals surface area contributed by atoms with Crippen molar-refractivity contribution in [2.75, 3.05) is 18.4 Å². The van der Waals surface area contributed by atoms with Gasteiger partial charge in [-0.2, -0.15) is 0 Å². The first-order valence-electron chi connectivity index (χ1n) is 8.98. The molecule has 1 saturated heterocycles. The third-order valence-electron chi connectivity index (χ3n) is 4.93. The van der Waals surface area contributed by atoms with E-state index in [1.807, 2.05) is 18.2 Å².